The smallest absolute Gasteiger partial charge is 0.378 e. The van der Waals surface area contributed by atoms with E-state index in [-0.39, 0.29) is 102 Å². The summed E-state index contributed by atoms with van der Waals surface area (Å²) < 4.78 is 61.8. The molecular formula is C71H106F4N12O13. The van der Waals surface area contributed by atoms with Gasteiger partial charge in [0.1, 0.15) is 65.7 Å². The Morgan fingerprint density at radius 1 is 0.640 bits per heavy atom. The fraction of sp³-hybridized carbons (Fsp3) is 0.746. The lowest BCUT2D eigenvalue weighted by atomic mass is 9.90. The van der Waals surface area contributed by atoms with Gasteiger partial charge in [0, 0.05) is 68.5 Å². The second kappa shape index (κ2) is 33.6. The molecule has 0 aromatic heterocycles. The Labute approximate surface area is 584 Å². The highest BCUT2D eigenvalue weighted by Gasteiger charge is 2.53. The van der Waals surface area contributed by atoms with Gasteiger partial charge in [-0.3, -0.25) is 57.5 Å². The lowest BCUT2D eigenvalue weighted by Crippen LogP contribution is -2.65. The van der Waals surface area contributed by atoms with E-state index in [1.54, 1.807) is 6.92 Å². The average Bonchev–Trinajstić information content (AvgIpc) is 1.35. The number of fused-ring (bicyclic) bond motifs is 2. The van der Waals surface area contributed by atoms with Crippen LogP contribution in [0.5, 0.6) is 0 Å². The number of alkyl halides is 3. The number of carbonyl (C=O) groups is 12. The molecule has 29 heteroatoms. The molecule has 8 rings (SSSR count). The number of morpholine rings is 1. The van der Waals surface area contributed by atoms with Gasteiger partial charge in [0.25, 0.3) is 0 Å². The van der Waals surface area contributed by atoms with Crippen LogP contribution in [0.25, 0.3) is 0 Å². The molecule has 12 amide bonds. The number of rotatable bonds is 10. The van der Waals surface area contributed by atoms with E-state index in [1.165, 1.54) is 88.4 Å². The van der Waals surface area contributed by atoms with Crippen LogP contribution in [-0.4, -0.2) is 263 Å². The first-order valence-corrected chi connectivity index (χ1v) is 36.1. The molecule has 10 atom stereocenters. The number of halogens is 4. The maximum atomic E-state index is 15.7. The maximum absolute atomic E-state index is 15.7. The molecule has 556 valence electrons. The minimum atomic E-state index is -5.00. The van der Waals surface area contributed by atoms with Crippen molar-refractivity contribution in [3.8, 4) is 0 Å². The number of ether oxygens (including phenoxy) is 1. The third kappa shape index (κ3) is 17.5. The molecule has 7 fully saturated rings. The average molecular weight is 1410 g/mol. The molecule has 3 N–H and O–H groups in total. The molecule has 4 saturated heterocycles. The first-order valence-electron chi connectivity index (χ1n) is 36.1. The number of hydrogen-bond acceptors (Lipinski definition) is 13. The summed E-state index contributed by atoms with van der Waals surface area (Å²) in [6.07, 6.45) is 1.35. The van der Waals surface area contributed by atoms with Crippen LogP contribution in [0.3, 0.4) is 0 Å². The van der Waals surface area contributed by atoms with Crippen molar-refractivity contribution in [3.63, 3.8) is 0 Å². The maximum Gasteiger partial charge on any atom is 0.419 e. The Bertz CT molecular complexity index is 3190. The second-order valence-electron chi connectivity index (χ2n) is 29.6. The van der Waals surface area contributed by atoms with Crippen LogP contribution >= 0.6 is 0 Å². The molecule has 1 aromatic carbocycles. The highest BCUT2D eigenvalue weighted by molar-refractivity contribution is 6.01. The van der Waals surface area contributed by atoms with Crippen molar-refractivity contribution in [3.05, 3.63) is 35.1 Å². The fourth-order valence-electron chi connectivity index (χ4n) is 16.0. The van der Waals surface area contributed by atoms with Crippen molar-refractivity contribution in [2.45, 2.75) is 229 Å². The number of carbonyl (C=O) groups excluding carboxylic acids is 12. The number of nitrogens with one attached hydrogen (secondary N) is 3. The minimum Gasteiger partial charge on any atom is -0.378 e. The van der Waals surface area contributed by atoms with Crippen molar-refractivity contribution in [2.75, 3.05) is 88.2 Å². The van der Waals surface area contributed by atoms with E-state index in [4.69, 9.17) is 4.74 Å². The first kappa shape index (κ1) is 78.3. The Balaban J connectivity index is 1.18. The van der Waals surface area contributed by atoms with Gasteiger partial charge in [-0.1, -0.05) is 78.7 Å². The molecule has 3 saturated carbocycles. The molecule has 4 heterocycles. The van der Waals surface area contributed by atoms with E-state index in [2.05, 4.69) is 16.0 Å². The van der Waals surface area contributed by atoms with Crippen LogP contribution in [0.4, 0.5) is 17.6 Å². The molecule has 3 aliphatic carbocycles. The van der Waals surface area contributed by atoms with E-state index < -0.39 is 173 Å². The molecule has 1 aromatic rings. The van der Waals surface area contributed by atoms with Gasteiger partial charge in [0.15, 0.2) is 0 Å². The predicted molar refractivity (Wildman–Crippen MR) is 359 cm³/mol. The van der Waals surface area contributed by atoms with E-state index in [0.29, 0.717) is 63.5 Å². The number of nitrogens with zero attached hydrogens (tertiary/aromatic N) is 9. The van der Waals surface area contributed by atoms with Gasteiger partial charge in [0.2, 0.25) is 70.9 Å². The Hall–Kier alpha value is -7.46. The summed E-state index contributed by atoms with van der Waals surface area (Å²) in [6, 6.07) is -8.84. The number of hydrogen-bond donors (Lipinski definition) is 3. The normalized spacial score (nSPS) is 28.6. The van der Waals surface area contributed by atoms with Crippen molar-refractivity contribution in [1.82, 2.24) is 60.0 Å². The van der Waals surface area contributed by atoms with E-state index in [0.717, 1.165) is 36.6 Å². The van der Waals surface area contributed by atoms with E-state index >= 15 is 33.2 Å². The highest BCUT2D eigenvalue weighted by Crippen LogP contribution is 2.39. The molecule has 0 unspecified atom stereocenters. The summed E-state index contributed by atoms with van der Waals surface area (Å²) in [6.45, 7) is 8.96. The summed E-state index contributed by atoms with van der Waals surface area (Å²) in [4.78, 5) is 192. The SMILES string of the molecule is CC[C@H](C)[C@@H]1NC(=O)[C@H](CC(C)C)N(C)C(=O)C[C@@H](C(=O)N2CCOCC2)N(C)C(=O)[C@H](C2CCCC2)N(C)C(=O)C2(CCCC2)NC(=O)[C@@H]2CCCN2C(=O)[C@H](CCc2ccc(C(F)(F)F)c(F)c2)NC(=O)CN(C)C(=O)[C@H](C2CCCC2)N(C)C(=O)[C@@H]2CCN2C(=O)[C@H](C)N(C)C1=O. The molecule has 100 heavy (non-hydrogen) atoms. The Morgan fingerprint density at radius 2 is 1.24 bits per heavy atom. The molecule has 1 spiro atoms. The van der Waals surface area contributed by atoms with E-state index in [1.807, 2.05) is 20.8 Å². The lowest BCUT2D eigenvalue weighted by Gasteiger charge is -2.45. The van der Waals surface area contributed by atoms with Gasteiger partial charge in [-0.05, 0) is 125 Å². The molecule has 4 aliphatic heterocycles. The molecular weight excluding hydrogens is 1300 g/mol. The van der Waals surface area contributed by atoms with Gasteiger partial charge in [0.05, 0.1) is 31.7 Å². The fourth-order valence-corrected chi connectivity index (χ4v) is 16.0. The zero-order valence-corrected chi connectivity index (χ0v) is 60.2. The summed E-state index contributed by atoms with van der Waals surface area (Å²) in [5.74, 6) is -10.9. The number of amides is 12. The number of benzene rings is 1. The van der Waals surface area contributed by atoms with Gasteiger partial charge in [-0.2, -0.15) is 13.2 Å². The van der Waals surface area contributed by atoms with Gasteiger partial charge >= 0.3 is 6.18 Å². The Kier molecular flexibility index (Phi) is 26.3. The van der Waals surface area contributed by atoms with Crippen LogP contribution in [-0.2, 0) is 74.9 Å². The van der Waals surface area contributed by atoms with Crippen molar-refractivity contribution in [2.24, 2.45) is 23.7 Å². The van der Waals surface area contributed by atoms with Crippen molar-refractivity contribution < 1.29 is 79.8 Å². The number of aryl methyl sites for hydroxylation is 1. The summed E-state index contributed by atoms with van der Waals surface area (Å²) in [5.41, 5.74) is -3.05. The molecule has 7 aliphatic rings. The zero-order valence-electron chi connectivity index (χ0n) is 60.2. The van der Waals surface area contributed by atoms with Crippen LogP contribution < -0.4 is 16.0 Å². The highest BCUT2D eigenvalue weighted by atomic mass is 19.4. The van der Waals surface area contributed by atoms with Crippen molar-refractivity contribution in [1.29, 1.82) is 0 Å². The van der Waals surface area contributed by atoms with Crippen LogP contribution in [0.2, 0.25) is 0 Å². The molecule has 0 bridgehead atoms. The zero-order chi connectivity index (χ0) is 73.4. The predicted octanol–water partition coefficient (Wildman–Crippen LogP) is 4.12. The minimum absolute atomic E-state index is 0.00384. The van der Waals surface area contributed by atoms with Crippen LogP contribution in [0.15, 0.2) is 18.2 Å². The largest absolute Gasteiger partial charge is 0.419 e. The quantitative estimate of drug-likeness (QED) is 0.279. The lowest BCUT2D eigenvalue weighted by molar-refractivity contribution is -0.161. The van der Waals surface area contributed by atoms with Gasteiger partial charge in [-0.25, -0.2) is 4.39 Å². The third-order valence-corrected chi connectivity index (χ3v) is 22.5. The van der Waals surface area contributed by atoms with Crippen molar-refractivity contribution >= 4 is 70.9 Å². The number of likely N-dealkylation sites (N-methyl/N-ethyl adjacent to an activating group) is 6. The topological polar surface area (TPSA) is 279 Å². The van der Waals surface area contributed by atoms with Crippen LogP contribution in [0.1, 0.15) is 168 Å². The van der Waals surface area contributed by atoms with E-state index in [9.17, 15) is 41.9 Å². The van der Waals surface area contributed by atoms with Gasteiger partial charge < -0.3 is 64.8 Å². The second-order valence-corrected chi connectivity index (χ2v) is 29.6. The summed E-state index contributed by atoms with van der Waals surface area (Å²) in [5, 5.41) is 8.68. The first-order chi connectivity index (χ1) is 47.2. The monoisotopic (exact) mass is 1410 g/mol. The molecule has 25 nitrogen and oxygen atoms in total. The third-order valence-electron chi connectivity index (χ3n) is 22.5. The summed E-state index contributed by atoms with van der Waals surface area (Å²) >= 11 is 0. The standard InChI is InChI=1S/C71H106F4N12O13/c1-12-43(4)57-66(96)80(7)44(5)62(92)87-33-29-52(87)64(94)83(10)58(46-20-13-14-21-46)67(97)79(6)41-55(88)76-50(28-26-45-25-27-48(49(72)39-45)71(73,74)75)63(93)86-32-19-24-51(86)61(91)78-70(30-17-18-31-70)69(99)84(11)59(47-22-15-16-23-47)68(98)82(9)54(65(95)85-34-36-100-37-35-85)40-56(89)81(8)53(38-42(2)3)60(90)77-57/h25,27,39,42-44,46-47,50-54,57-59H,12-24,26,28-38,40-41H2,1-11H3,(H,76,88)(H,77,90)(H,78,91)/t43-,44-,50-,51-,52-,53-,54-,57-,58-,59-/m0/s1. The summed E-state index contributed by atoms with van der Waals surface area (Å²) in [7, 11) is 8.57. The Morgan fingerprint density at radius 3 is 1.80 bits per heavy atom. The molecule has 0 radical (unpaired) electrons. The van der Waals surface area contributed by atoms with Crippen LogP contribution in [0, 0.1) is 29.5 Å². The van der Waals surface area contributed by atoms with Gasteiger partial charge in [-0.15, -0.1) is 0 Å².